The average Bonchev–Trinajstić information content (AvgIpc) is 2.74. The molecule has 0 spiro atoms. The van der Waals surface area contributed by atoms with Gasteiger partial charge in [0.2, 0.25) is 11.7 Å². The zero-order valence-corrected chi connectivity index (χ0v) is 8.93. The summed E-state index contributed by atoms with van der Waals surface area (Å²) in [6, 6.07) is 1.60. The zero-order chi connectivity index (χ0) is 11.5. The van der Waals surface area contributed by atoms with Gasteiger partial charge in [0.05, 0.1) is 18.9 Å². The van der Waals surface area contributed by atoms with Crippen LogP contribution in [-0.2, 0) is 0 Å². The third-order valence-corrected chi connectivity index (χ3v) is 2.18. The van der Waals surface area contributed by atoms with Crippen molar-refractivity contribution in [2.75, 3.05) is 7.11 Å². The van der Waals surface area contributed by atoms with Crippen LogP contribution in [0.4, 0.5) is 0 Å². The number of methoxy groups -OCH3 is 1. The van der Waals surface area contributed by atoms with Crippen molar-refractivity contribution in [1.29, 1.82) is 0 Å². The molecule has 5 nitrogen and oxygen atoms in total. The number of carbonyl (C=O) groups excluding carboxylic acids is 1. The Morgan fingerprint density at radius 3 is 2.75 bits per heavy atom. The second-order valence-electron chi connectivity index (χ2n) is 3.13. The maximum Gasteiger partial charge on any atom is 0.243 e. The summed E-state index contributed by atoms with van der Waals surface area (Å²) in [5, 5.41) is 0. The molecule has 0 bridgehead atoms. The third kappa shape index (κ3) is 1.67. The van der Waals surface area contributed by atoms with Crippen molar-refractivity contribution in [3.63, 3.8) is 0 Å². The SMILES string of the molecule is COc1nccnc1C(=O)c1ccoc1C. The minimum absolute atomic E-state index is 0.189. The van der Waals surface area contributed by atoms with Crippen molar-refractivity contribution in [2.45, 2.75) is 6.92 Å². The van der Waals surface area contributed by atoms with E-state index >= 15 is 0 Å². The summed E-state index contributed by atoms with van der Waals surface area (Å²) in [5.41, 5.74) is 0.660. The van der Waals surface area contributed by atoms with Gasteiger partial charge < -0.3 is 9.15 Å². The van der Waals surface area contributed by atoms with Crippen LogP contribution in [0.3, 0.4) is 0 Å². The molecule has 0 aliphatic heterocycles. The molecular formula is C11H10N2O3. The van der Waals surface area contributed by atoms with Crippen LogP contribution in [0.15, 0.2) is 29.1 Å². The highest BCUT2D eigenvalue weighted by Crippen LogP contribution is 2.18. The molecular weight excluding hydrogens is 208 g/mol. The van der Waals surface area contributed by atoms with Gasteiger partial charge in [-0.2, -0.15) is 0 Å². The molecule has 2 aromatic heterocycles. The number of aryl methyl sites for hydroxylation is 1. The van der Waals surface area contributed by atoms with Gasteiger partial charge in [0.15, 0.2) is 5.69 Å². The van der Waals surface area contributed by atoms with Crippen molar-refractivity contribution in [3.8, 4) is 5.88 Å². The lowest BCUT2D eigenvalue weighted by molar-refractivity contribution is 0.102. The van der Waals surface area contributed by atoms with Crippen LogP contribution in [0.1, 0.15) is 21.8 Å². The second-order valence-corrected chi connectivity index (χ2v) is 3.13. The number of ketones is 1. The Bertz CT molecular complexity index is 519. The van der Waals surface area contributed by atoms with Gasteiger partial charge in [0.25, 0.3) is 0 Å². The van der Waals surface area contributed by atoms with Crippen LogP contribution in [0.2, 0.25) is 0 Å². The smallest absolute Gasteiger partial charge is 0.243 e. The average molecular weight is 218 g/mol. The Kier molecular flexibility index (Phi) is 2.68. The van der Waals surface area contributed by atoms with Gasteiger partial charge in [-0.3, -0.25) is 4.79 Å². The van der Waals surface area contributed by atoms with Crippen LogP contribution < -0.4 is 4.74 Å². The fourth-order valence-corrected chi connectivity index (χ4v) is 1.38. The van der Waals surface area contributed by atoms with E-state index < -0.39 is 0 Å². The highest BCUT2D eigenvalue weighted by atomic mass is 16.5. The molecule has 2 heterocycles. The molecule has 0 unspecified atom stereocenters. The molecule has 0 fully saturated rings. The highest BCUT2D eigenvalue weighted by Gasteiger charge is 2.19. The van der Waals surface area contributed by atoms with Crippen molar-refractivity contribution >= 4 is 5.78 Å². The largest absolute Gasteiger partial charge is 0.479 e. The molecule has 2 aromatic rings. The summed E-state index contributed by atoms with van der Waals surface area (Å²) in [6.07, 6.45) is 4.38. The Morgan fingerprint density at radius 1 is 1.38 bits per heavy atom. The van der Waals surface area contributed by atoms with Gasteiger partial charge in [-0.15, -0.1) is 0 Å². The number of ether oxygens (including phenoxy) is 1. The lowest BCUT2D eigenvalue weighted by Gasteiger charge is -2.03. The molecule has 82 valence electrons. The van der Waals surface area contributed by atoms with Crippen LogP contribution >= 0.6 is 0 Å². The van der Waals surface area contributed by atoms with E-state index in [0.29, 0.717) is 11.3 Å². The molecule has 5 heteroatoms. The first-order valence-corrected chi connectivity index (χ1v) is 4.68. The molecule has 0 atom stereocenters. The van der Waals surface area contributed by atoms with Gasteiger partial charge in [0, 0.05) is 12.4 Å². The van der Waals surface area contributed by atoms with E-state index in [4.69, 9.17) is 9.15 Å². The molecule has 0 saturated heterocycles. The van der Waals surface area contributed by atoms with Crippen molar-refractivity contribution in [1.82, 2.24) is 9.97 Å². The predicted molar refractivity (Wildman–Crippen MR) is 55.5 cm³/mol. The lowest BCUT2D eigenvalue weighted by Crippen LogP contribution is -2.07. The van der Waals surface area contributed by atoms with Crippen LogP contribution in [-0.4, -0.2) is 22.9 Å². The maximum atomic E-state index is 12.1. The number of rotatable bonds is 3. The number of nitrogens with zero attached hydrogens (tertiary/aromatic N) is 2. The van der Waals surface area contributed by atoms with Crippen LogP contribution in [0.5, 0.6) is 5.88 Å². The first-order valence-electron chi connectivity index (χ1n) is 4.68. The third-order valence-electron chi connectivity index (χ3n) is 2.18. The summed E-state index contributed by atoms with van der Waals surface area (Å²) in [5.74, 6) is 0.516. The fourth-order valence-electron chi connectivity index (χ4n) is 1.38. The lowest BCUT2D eigenvalue weighted by atomic mass is 10.1. The van der Waals surface area contributed by atoms with E-state index in [1.807, 2.05) is 0 Å². The number of carbonyl (C=O) groups is 1. The molecule has 2 rings (SSSR count). The zero-order valence-electron chi connectivity index (χ0n) is 8.93. The second kappa shape index (κ2) is 4.14. The van der Waals surface area contributed by atoms with E-state index in [2.05, 4.69) is 9.97 Å². The summed E-state index contributed by atoms with van der Waals surface area (Å²) in [4.78, 5) is 20.0. The van der Waals surface area contributed by atoms with Gasteiger partial charge in [-0.05, 0) is 13.0 Å². The summed E-state index contributed by atoms with van der Waals surface area (Å²) in [7, 11) is 1.45. The van der Waals surface area contributed by atoms with Crippen LogP contribution in [0, 0.1) is 6.92 Å². The van der Waals surface area contributed by atoms with Gasteiger partial charge >= 0.3 is 0 Å². The van der Waals surface area contributed by atoms with Gasteiger partial charge in [0.1, 0.15) is 5.76 Å². The summed E-state index contributed by atoms with van der Waals surface area (Å²) < 4.78 is 10.1. The van der Waals surface area contributed by atoms with Crippen molar-refractivity contribution < 1.29 is 13.9 Å². The first kappa shape index (κ1) is 10.4. The van der Waals surface area contributed by atoms with Crippen molar-refractivity contribution in [3.05, 3.63) is 41.7 Å². The Hall–Kier alpha value is -2.17. The van der Waals surface area contributed by atoms with Gasteiger partial charge in [-0.25, -0.2) is 9.97 Å². The van der Waals surface area contributed by atoms with E-state index in [-0.39, 0.29) is 17.4 Å². The molecule has 0 aliphatic rings. The number of aromatic nitrogens is 2. The highest BCUT2D eigenvalue weighted by molar-refractivity contribution is 6.09. The maximum absolute atomic E-state index is 12.1. The monoisotopic (exact) mass is 218 g/mol. The minimum atomic E-state index is -0.254. The molecule has 16 heavy (non-hydrogen) atoms. The first-order chi connectivity index (χ1) is 7.74. The normalized spacial score (nSPS) is 10.1. The van der Waals surface area contributed by atoms with E-state index in [0.717, 1.165) is 0 Å². The Morgan fingerprint density at radius 2 is 2.12 bits per heavy atom. The molecule has 0 N–H and O–H groups in total. The van der Waals surface area contributed by atoms with E-state index in [9.17, 15) is 4.79 Å². The topological polar surface area (TPSA) is 65.2 Å². The molecule has 0 aromatic carbocycles. The standard InChI is InChI=1S/C11H10N2O3/c1-7-8(3-6-16-7)10(14)9-11(15-2)13-5-4-12-9/h3-6H,1-2H3. The number of furan rings is 1. The molecule has 0 radical (unpaired) electrons. The van der Waals surface area contributed by atoms with E-state index in [1.165, 1.54) is 25.8 Å². The van der Waals surface area contributed by atoms with Gasteiger partial charge in [-0.1, -0.05) is 0 Å². The number of hydrogen-bond donors (Lipinski definition) is 0. The Labute approximate surface area is 92.1 Å². The van der Waals surface area contributed by atoms with Crippen LogP contribution in [0.25, 0.3) is 0 Å². The molecule has 0 amide bonds. The molecule has 0 aliphatic carbocycles. The fraction of sp³-hybridized carbons (Fsp3) is 0.182. The summed E-state index contributed by atoms with van der Waals surface area (Å²) in [6.45, 7) is 1.72. The number of hydrogen-bond acceptors (Lipinski definition) is 5. The van der Waals surface area contributed by atoms with Crippen molar-refractivity contribution in [2.24, 2.45) is 0 Å². The summed E-state index contributed by atoms with van der Waals surface area (Å²) >= 11 is 0. The minimum Gasteiger partial charge on any atom is -0.479 e. The Balaban J connectivity index is 2.46. The predicted octanol–water partition coefficient (Wildman–Crippen LogP) is 1.62. The molecule has 0 saturated carbocycles. The quantitative estimate of drug-likeness (QED) is 0.732. The van der Waals surface area contributed by atoms with E-state index in [1.54, 1.807) is 13.0 Å².